The maximum absolute atomic E-state index is 12.7. The van der Waals surface area contributed by atoms with E-state index in [0.717, 1.165) is 41.8 Å². The van der Waals surface area contributed by atoms with Crippen LogP contribution >= 0.6 is 11.3 Å². The number of carbonyl (C=O) groups is 1. The van der Waals surface area contributed by atoms with Crippen molar-refractivity contribution in [1.82, 2.24) is 10.1 Å². The van der Waals surface area contributed by atoms with Crippen molar-refractivity contribution in [2.24, 2.45) is 5.92 Å². The quantitative estimate of drug-likeness (QED) is 0.526. The highest BCUT2D eigenvalue weighted by atomic mass is 32.1. The van der Waals surface area contributed by atoms with Gasteiger partial charge in [0.05, 0.1) is 11.3 Å². The van der Waals surface area contributed by atoms with Crippen molar-refractivity contribution in [3.05, 3.63) is 53.2 Å². The average Bonchev–Trinajstić information content (AvgIpc) is 3.34. The minimum atomic E-state index is 0.0573. The smallest absolute Gasteiger partial charge is 0.231 e. The molecule has 0 aliphatic carbocycles. The summed E-state index contributed by atoms with van der Waals surface area (Å²) in [5, 5.41) is 9.15. The van der Waals surface area contributed by atoms with E-state index in [1.165, 1.54) is 0 Å². The highest BCUT2D eigenvalue weighted by Crippen LogP contribution is 2.24. The van der Waals surface area contributed by atoms with Crippen LogP contribution in [0.1, 0.15) is 51.0 Å². The lowest BCUT2D eigenvalue weighted by atomic mass is 9.97. The molecule has 0 bridgehead atoms. The number of hydrogen-bond donors (Lipinski definition) is 1. The van der Waals surface area contributed by atoms with Gasteiger partial charge in [-0.05, 0) is 35.9 Å². The Bertz CT molecular complexity index is 852. The fraction of sp³-hybridized carbons (Fsp3) is 0.381. The Hall–Kier alpha value is -2.47. The first kappa shape index (κ1) is 19.3. The fourth-order valence-electron chi connectivity index (χ4n) is 3.13. The van der Waals surface area contributed by atoms with E-state index in [9.17, 15) is 4.79 Å². The Morgan fingerprint density at radius 3 is 2.63 bits per heavy atom. The molecule has 0 unspecified atom stereocenters. The Kier molecular flexibility index (Phi) is 6.76. The van der Waals surface area contributed by atoms with Gasteiger partial charge in [0.25, 0.3) is 0 Å². The number of para-hydroxylation sites is 1. The summed E-state index contributed by atoms with van der Waals surface area (Å²) in [6.07, 6.45) is 4.33. The molecule has 0 aliphatic rings. The molecule has 0 atom stereocenters. The fourth-order valence-corrected chi connectivity index (χ4v) is 3.78. The first-order chi connectivity index (χ1) is 13.2. The van der Waals surface area contributed by atoms with Gasteiger partial charge in [0.2, 0.25) is 17.6 Å². The van der Waals surface area contributed by atoms with Gasteiger partial charge in [0, 0.05) is 11.6 Å². The normalized spacial score (nSPS) is 11.1. The third-order valence-electron chi connectivity index (χ3n) is 4.47. The SMILES string of the molecule is CCCC(CCC)C(=O)Nc1ccccc1Cc1nc(-c2cccs2)no1. The lowest BCUT2D eigenvalue weighted by Crippen LogP contribution is -2.23. The van der Waals surface area contributed by atoms with E-state index in [4.69, 9.17) is 4.52 Å². The summed E-state index contributed by atoms with van der Waals surface area (Å²) in [7, 11) is 0. The molecular formula is C21H25N3O2S. The molecule has 1 aromatic carbocycles. The van der Waals surface area contributed by atoms with Crippen LogP contribution in [-0.2, 0) is 11.2 Å². The van der Waals surface area contributed by atoms with Crippen molar-refractivity contribution in [3.8, 4) is 10.7 Å². The topological polar surface area (TPSA) is 68.0 Å². The molecule has 2 aromatic heterocycles. The van der Waals surface area contributed by atoms with E-state index in [2.05, 4.69) is 29.3 Å². The van der Waals surface area contributed by atoms with Crippen LogP contribution in [0, 0.1) is 5.92 Å². The molecule has 3 rings (SSSR count). The lowest BCUT2D eigenvalue weighted by molar-refractivity contribution is -0.120. The van der Waals surface area contributed by atoms with Gasteiger partial charge in [0.1, 0.15) is 0 Å². The summed E-state index contributed by atoms with van der Waals surface area (Å²) in [5.74, 6) is 1.30. The van der Waals surface area contributed by atoms with E-state index in [0.29, 0.717) is 18.1 Å². The zero-order valence-corrected chi connectivity index (χ0v) is 16.6. The third-order valence-corrected chi connectivity index (χ3v) is 5.34. The number of carbonyl (C=O) groups excluding carboxylic acids is 1. The number of amides is 1. The van der Waals surface area contributed by atoms with Crippen LogP contribution < -0.4 is 5.32 Å². The van der Waals surface area contributed by atoms with Crippen LogP contribution in [0.4, 0.5) is 5.69 Å². The van der Waals surface area contributed by atoms with Crippen LogP contribution in [0.15, 0.2) is 46.3 Å². The number of nitrogens with zero attached hydrogens (tertiary/aromatic N) is 2. The van der Waals surface area contributed by atoms with Crippen molar-refractivity contribution >= 4 is 22.9 Å². The molecule has 1 amide bonds. The summed E-state index contributed by atoms with van der Waals surface area (Å²) in [5.41, 5.74) is 1.79. The zero-order chi connectivity index (χ0) is 19.1. The van der Waals surface area contributed by atoms with Crippen LogP contribution in [0.3, 0.4) is 0 Å². The molecule has 0 saturated heterocycles. The number of hydrogen-bond acceptors (Lipinski definition) is 5. The van der Waals surface area contributed by atoms with Gasteiger partial charge in [-0.1, -0.05) is 56.1 Å². The van der Waals surface area contributed by atoms with Crippen LogP contribution in [0.5, 0.6) is 0 Å². The predicted molar refractivity (Wildman–Crippen MR) is 109 cm³/mol. The van der Waals surface area contributed by atoms with E-state index in [-0.39, 0.29) is 11.8 Å². The molecule has 0 spiro atoms. The Labute approximate surface area is 163 Å². The number of aromatic nitrogens is 2. The highest BCUT2D eigenvalue weighted by molar-refractivity contribution is 7.13. The Morgan fingerprint density at radius 2 is 1.93 bits per heavy atom. The molecule has 0 aliphatic heterocycles. The molecule has 3 aromatic rings. The molecule has 0 saturated carbocycles. The summed E-state index contributed by atoms with van der Waals surface area (Å²) in [6.45, 7) is 4.23. The van der Waals surface area contributed by atoms with Crippen LogP contribution in [-0.4, -0.2) is 16.0 Å². The van der Waals surface area contributed by atoms with Gasteiger partial charge >= 0.3 is 0 Å². The van der Waals surface area contributed by atoms with Gasteiger partial charge in [-0.3, -0.25) is 4.79 Å². The van der Waals surface area contributed by atoms with Crippen molar-refractivity contribution in [2.75, 3.05) is 5.32 Å². The minimum absolute atomic E-state index is 0.0573. The van der Waals surface area contributed by atoms with E-state index < -0.39 is 0 Å². The molecule has 6 heteroatoms. The minimum Gasteiger partial charge on any atom is -0.339 e. The summed E-state index contributed by atoms with van der Waals surface area (Å²) < 4.78 is 5.41. The first-order valence-corrected chi connectivity index (χ1v) is 10.3. The maximum Gasteiger partial charge on any atom is 0.231 e. The van der Waals surface area contributed by atoms with Gasteiger partial charge in [-0.2, -0.15) is 4.98 Å². The van der Waals surface area contributed by atoms with Gasteiger partial charge < -0.3 is 9.84 Å². The van der Waals surface area contributed by atoms with Crippen molar-refractivity contribution in [2.45, 2.75) is 46.0 Å². The average molecular weight is 384 g/mol. The summed E-state index contributed by atoms with van der Waals surface area (Å²) in [4.78, 5) is 18.2. The number of nitrogens with one attached hydrogen (secondary N) is 1. The number of anilines is 1. The number of thiophene rings is 1. The lowest BCUT2D eigenvalue weighted by Gasteiger charge is -2.17. The molecule has 1 N–H and O–H groups in total. The van der Waals surface area contributed by atoms with Gasteiger partial charge in [-0.25, -0.2) is 0 Å². The van der Waals surface area contributed by atoms with Crippen molar-refractivity contribution in [1.29, 1.82) is 0 Å². The monoisotopic (exact) mass is 383 g/mol. The van der Waals surface area contributed by atoms with E-state index in [1.807, 2.05) is 41.8 Å². The summed E-state index contributed by atoms with van der Waals surface area (Å²) >= 11 is 1.58. The molecule has 0 fully saturated rings. The number of rotatable bonds is 9. The van der Waals surface area contributed by atoms with E-state index >= 15 is 0 Å². The Balaban J connectivity index is 1.73. The second kappa shape index (κ2) is 9.46. The summed E-state index contributed by atoms with van der Waals surface area (Å²) in [6, 6.07) is 11.7. The van der Waals surface area contributed by atoms with Crippen LogP contribution in [0.25, 0.3) is 10.7 Å². The molecule has 27 heavy (non-hydrogen) atoms. The third kappa shape index (κ3) is 5.04. The molecular weight excluding hydrogens is 358 g/mol. The van der Waals surface area contributed by atoms with Crippen LogP contribution in [0.2, 0.25) is 0 Å². The first-order valence-electron chi connectivity index (χ1n) is 9.46. The second-order valence-electron chi connectivity index (χ2n) is 6.59. The molecule has 5 nitrogen and oxygen atoms in total. The van der Waals surface area contributed by atoms with Crippen molar-refractivity contribution in [3.63, 3.8) is 0 Å². The standard InChI is InChI=1S/C21H25N3O2S/c1-3-8-15(9-4-2)21(25)22-17-11-6-5-10-16(17)14-19-23-20(24-26-19)18-12-7-13-27-18/h5-7,10-13,15H,3-4,8-9,14H2,1-2H3,(H,22,25). The number of benzene rings is 1. The maximum atomic E-state index is 12.7. The highest BCUT2D eigenvalue weighted by Gasteiger charge is 2.18. The van der Waals surface area contributed by atoms with E-state index in [1.54, 1.807) is 11.3 Å². The second-order valence-corrected chi connectivity index (χ2v) is 7.53. The van der Waals surface area contributed by atoms with Gasteiger partial charge in [0.15, 0.2) is 0 Å². The van der Waals surface area contributed by atoms with Crippen molar-refractivity contribution < 1.29 is 9.32 Å². The predicted octanol–water partition coefficient (Wildman–Crippen LogP) is 5.54. The Morgan fingerprint density at radius 1 is 1.15 bits per heavy atom. The van der Waals surface area contributed by atoms with Gasteiger partial charge in [-0.15, -0.1) is 11.3 Å². The molecule has 2 heterocycles. The zero-order valence-electron chi connectivity index (χ0n) is 15.8. The molecule has 0 radical (unpaired) electrons. The largest absolute Gasteiger partial charge is 0.339 e. The molecule has 142 valence electrons.